The minimum Gasteiger partial charge on any atom is -0.355 e. The Morgan fingerprint density at radius 3 is 2.28 bits per heavy atom. The lowest BCUT2D eigenvalue weighted by Gasteiger charge is -2.20. The lowest BCUT2D eigenvalue weighted by Crippen LogP contribution is -2.46. The minimum absolute atomic E-state index is 0.102. The number of sulfonamides is 1. The molecule has 0 saturated heterocycles. The van der Waals surface area contributed by atoms with Crippen molar-refractivity contribution in [3.63, 3.8) is 0 Å². The molecule has 0 aliphatic carbocycles. The standard InChI is InChI=1S/C11H26N4O2S/c1-6-18(16,17)14-8-7-13-11(12-5)15-10(4)9(2)3/h9-10,14H,6-8H2,1-5H3,(H2,12,13,15). The van der Waals surface area contributed by atoms with E-state index in [1.807, 2.05) is 0 Å². The molecule has 0 fully saturated rings. The minimum atomic E-state index is -3.11. The van der Waals surface area contributed by atoms with Crippen molar-refractivity contribution in [2.75, 3.05) is 25.9 Å². The molecule has 0 saturated carbocycles. The molecule has 0 aromatic carbocycles. The molecule has 0 aliphatic heterocycles. The van der Waals surface area contributed by atoms with Crippen LogP contribution >= 0.6 is 0 Å². The molecule has 0 bridgehead atoms. The molecule has 0 radical (unpaired) electrons. The average Bonchev–Trinajstić information content (AvgIpc) is 2.32. The number of hydrogen-bond acceptors (Lipinski definition) is 3. The number of aliphatic imine (C=N–C) groups is 1. The number of rotatable bonds is 7. The maximum atomic E-state index is 11.2. The van der Waals surface area contributed by atoms with Crippen LogP contribution in [0.25, 0.3) is 0 Å². The predicted octanol–water partition coefficient (Wildman–Crippen LogP) is 0.135. The number of guanidine groups is 1. The summed E-state index contributed by atoms with van der Waals surface area (Å²) >= 11 is 0. The van der Waals surface area contributed by atoms with E-state index in [1.54, 1.807) is 14.0 Å². The van der Waals surface area contributed by atoms with Crippen molar-refractivity contribution in [1.29, 1.82) is 0 Å². The molecule has 0 aromatic rings. The summed E-state index contributed by atoms with van der Waals surface area (Å²) in [7, 11) is -1.42. The highest BCUT2D eigenvalue weighted by molar-refractivity contribution is 7.89. The van der Waals surface area contributed by atoms with E-state index in [0.717, 1.165) is 0 Å². The lowest BCUT2D eigenvalue weighted by atomic mass is 10.1. The molecule has 0 aliphatic rings. The van der Waals surface area contributed by atoms with Crippen LogP contribution in [0.5, 0.6) is 0 Å². The SMILES string of the molecule is CCS(=O)(=O)NCCNC(=NC)NC(C)C(C)C. The fourth-order valence-electron chi connectivity index (χ4n) is 1.07. The van der Waals surface area contributed by atoms with Crippen LogP contribution in [0.2, 0.25) is 0 Å². The van der Waals surface area contributed by atoms with Crippen molar-refractivity contribution in [3.8, 4) is 0 Å². The van der Waals surface area contributed by atoms with Crippen LogP contribution in [0.15, 0.2) is 4.99 Å². The summed E-state index contributed by atoms with van der Waals surface area (Å²) in [5, 5.41) is 6.30. The Balaban J connectivity index is 3.97. The third-order valence-corrected chi connectivity index (χ3v) is 4.11. The zero-order chi connectivity index (χ0) is 14.2. The summed E-state index contributed by atoms with van der Waals surface area (Å²) in [6.07, 6.45) is 0. The van der Waals surface area contributed by atoms with E-state index in [-0.39, 0.29) is 5.75 Å². The van der Waals surface area contributed by atoms with E-state index >= 15 is 0 Å². The third-order valence-electron chi connectivity index (χ3n) is 2.71. The van der Waals surface area contributed by atoms with Crippen LogP contribution in [0.1, 0.15) is 27.7 Å². The molecule has 18 heavy (non-hydrogen) atoms. The molecule has 0 rings (SSSR count). The van der Waals surface area contributed by atoms with Gasteiger partial charge in [-0.25, -0.2) is 13.1 Å². The Hall–Kier alpha value is -0.820. The van der Waals surface area contributed by atoms with Gasteiger partial charge in [-0.3, -0.25) is 4.99 Å². The van der Waals surface area contributed by atoms with Crippen LogP contribution in [0.4, 0.5) is 0 Å². The van der Waals surface area contributed by atoms with Gasteiger partial charge in [0, 0.05) is 26.2 Å². The van der Waals surface area contributed by atoms with Gasteiger partial charge in [-0.15, -0.1) is 0 Å². The molecular weight excluding hydrogens is 252 g/mol. The van der Waals surface area contributed by atoms with Gasteiger partial charge < -0.3 is 10.6 Å². The van der Waals surface area contributed by atoms with Crippen LogP contribution in [0, 0.1) is 5.92 Å². The summed E-state index contributed by atoms with van der Waals surface area (Å²) in [4.78, 5) is 4.08. The molecule has 6 nitrogen and oxygen atoms in total. The van der Waals surface area contributed by atoms with Crippen molar-refractivity contribution in [2.24, 2.45) is 10.9 Å². The van der Waals surface area contributed by atoms with E-state index in [2.05, 4.69) is 41.1 Å². The van der Waals surface area contributed by atoms with Gasteiger partial charge in [-0.2, -0.15) is 0 Å². The zero-order valence-electron chi connectivity index (χ0n) is 11.9. The smallest absolute Gasteiger partial charge is 0.211 e. The topological polar surface area (TPSA) is 82.6 Å². The number of nitrogens with zero attached hydrogens (tertiary/aromatic N) is 1. The molecule has 0 amide bonds. The first-order chi connectivity index (χ1) is 8.32. The van der Waals surface area contributed by atoms with Gasteiger partial charge >= 0.3 is 0 Å². The molecule has 0 aromatic heterocycles. The van der Waals surface area contributed by atoms with Crippen molar-refractivity contribution in [3.05, 3.63) is 0 Å². The first kappa shape index (κ1) is 17.2. The normalized spacial score (nSPS) is 14.7. The van der Waals surface area contributed by atoms with Crippen LogP contribution in [0.3, 0.4) is 0 Å². The average molecular weight is 278 g/mol. The zero-order valence-corrected chi connectivity index (χ0v) is 12.8. The van der Waals surface area contributed by atoms with E-state index in [4.69, 9.17) is 0 Å². The fraction of sp³-hybridized carbons (Fsp3) is 0.909. The predicted molar refractivity (Wildman–Crippen MR) is 76.3 cm³/mol. The Morgan fingerprint density at radius 2 is 1.83 bits per heavy atom. The monoisotopic (exact) mass is 278 g/mol. The summed E-state index contributed by atoms with van der Waals surface area (Å²) in [6, 6.07) is 0.309. The van der Waals surface area contributed by atoms with Crippen molar-refractivity contribution < 1.29 is 8.42 Å². The molecule has 1 atom stereocenters. The second-order valence-corrected chi connectivity index (χ2v) is 6.57. The fourth-order valence-corrected chi connectivity index (χ4v) is 1.68. The maximum Gasteiger partial charge on any atom is 0.211 e. The van der Waals surface area contributed by atoms with Gasteiger partial charge in [0.15, 0.2) is 5.96 Å². The summed E-state index contributed by atoms with van der Waals surface area (Å²) in [5.74, 6) is 1.29. The number of nitrogens with one attached hydrogen (secondary N) is 3. The lowest BCUT2D eigenvalue weighted by molar-refractivity contribution is 0.481. The van der Waals surface area contributed by atoms with Crippen LogP contribution < -0.4 is 15.4 Å². The highest BCUT2D eigenvalue weighted by Crippen LogP contribution is 1.98. The van der Waals surface area contributed by atoms with E-state index < -0.39 is 10.0 Å². The highest BCUT2D eigenvalue weighted by atomic mass is 32.2. The molecular formula is C11H26N4O2S. The molecule has 7 heteroatoms. The van der Waals surface area contributed by atoms with Gasteiger partial charge in [0.1, 0.15) is 0 Å². The van der Waals surface area contributed by atoms with Crippen molar-refractivity contribution in [2.45, 2.75) is 33.7 Å². The van der Waals surface area contributed by atoms with Crippen LogP contribution in [-0.4, -0.2) is 46.3 Å². The van der Waals surface area contributed by atoms with E-state index in [0.29, 0.717) is 31.0 Å². The van der Waals surface area contributed by atoms with Gasteiger partial charge in [0.25, 0.3) is 0 Å². The summed E-state index contributed by atoms with van der Waals surface area (Å²) in [6.45, 7) is 8.80. The molecule has 108 valence electrons. The first-order valence-electron chi connectivity index (χ1n) is 6.27. The van der Waals surface area contributed by atoms with Gasteiger partial charge in [-0.1, -0.05) is 13.8 Å². The van der Waals surface area contributed by atoms with Gasteiger partial charge in [-0.05, 0) is 19.8 Å². The largest absolute Gasteiger partial charge is 0.355 e. The molecule has 0 heterocycles. The highest BCUT2D eigenvalue weighted by Gasteiger charge is 2.09. The first-order valence-corrected chi connectivity index (χ1v) is 7.92. The van der Waals surface area contributed by atoms with Crippen LogP contribution in [-0.2, 0) is 10.0 Å². The van der Waals surface area contributed by atoms with Gasteiger partial charge in [0.05, 0.1) is 5.75 Å². The summed E-state index contributed by atoms with van der Waals surface area (Å²) < 4.78 is 24.9. The molecule has 1 unspecified atom stereocenters. The second-order valence-electron chi connectivity index (χ2n) is 4.47. The van der Waals surface area contributed by atoms with Crippen molar-refractivity contribution >= 4 is 16.0 Å². The molecule has 0 spiro atoms. The van der Waals surface area contributed by atoms with Gasteiger partial charge in [0.2, 0.25) is 10.0 Å². The Bertz CT molecular complexity index is 352. The maximum absolute atomic E-state index is 11.2. The Kier molecular flexibility index (Phi) is 7.93. The van der Waals surface area contributed by atoms with Crippen molar-refractivity contribution in [1.82, 2.24) is 15.4 Å². The molecule has 3 N–H and O–H groups in total. The second kappa shape index (κ2) is 8.31. The summed E-state index contributed by atoms with van der Waals surface area (Å²) in [5.41, 5.74) is 0. The Labute approximate surface area is 111 Å². The number of hydrogen-bond donors (Lipinski definition) is 3. The van der Waals surface area contributed by atoms with E-state index in [9.17, 15) is 8.42 Å². The Morgan fingerprint density at radius 1 is 1.22 bits per heavy atom. The third kappa shape index (κ3) is 7.50. The van der Waals surface area contributed by atoms with E-state index in [1.165, 1.54) is 0 Å². The quantitative estimate of drug-likeness (QED) is 0.351.